The van der Waals surface area contributed by atoms with Crippen molar-refractivity contribution in [2.24, 2.45) is 5.92 Å². The predicted octanol–water partition coefficient (Wildman–Crippen LogP) is 1.18. The topological polar surface area (TPSA) is 48.5 Å². The zero-order valence-corrected chi connectivity index (χ0v) is 12.6. The molecule has 0 spiro atoms. The van der Waals surface area contributed by atoms with E-state index in [2.05, 4.69) is 15.2 Å². The number of anilines is 1. The van der Waals surface area contributed by atoms with E-state index in [4.69, 9.17) is 0 Å². The van der Waals surface area contributed by atoms with E-state index in [0.717, 1.165) is 50.8 Å². The van der Waals surface area contributed by atoms with Crippen LogP contribution >= 0.6 is 11.3 Å². The van der Waals surface area contributed by atoms with Gasteiger partial charge in [0.15, 0.2) is 5.13 Å². The van der Waals surface area contributed by atoms with Crippen molar-refractivity contribution in [2.75, 3.05) is 44.2 Å². The number of nitrogens with zero attached hydrogens (tertiary/aromatic N) is 3. The Morgan fingerprint density at radius 3 is 2.90 bits per heavy atom. The Labute approximate surface area is 124 Å². The molecule has 5 nitrogen and oxygen atoms in total. The lowest BCUT2D eigenvalue weighted by Gasteiger charge is -2.34. The van der Waals surface area contributed by atoms with E-state index in [0.29, 0.717) is 18.2 Å². The molecule has 2 saturated heterocycles. The molecule has 2 fully saturated rings. The van der Waals surface area contributed by atoms with Crippen molar-refractivity contribution in [1.29, 1.82) is 0 Å². The zero-order chi connectivity index (χ0) is 13.8. The average molecular weight is 294 g/mol. The third kappa shape index (κ3) is 3.30. The van der Waals surface area contributed by atoms with Crippen LogP contribution in [0, 0.1) is 5.92 Å². The number of piperazine rings is 1. The van der Waals surface area contributed by atoms with Gasteiger partial charge in [-0.25, -0.2) is 4.98 Å². The van der Waals surface area contributed by atoms with E-state index in [9.17, 15) is 4.79 Å². The molecule has 1 N–H and O–H groups in total. The van der Waals surface area contributed by atoms with Gasteiger partial charge < -0.3 is 15.1 Å². The Balaban J connectivity index is 1.42. The summed E-state index contributed by atoms with van der Waals surface area (Å²) in [4.78, 5) is 20.8. The van der Waals surface area contributed by atoms with Gasteiger partial charge in [0.2, 0.25) is 5.91 Å². The second-order valence-corrected chi connectivity index (χ2v) is 6.45. The highest BCUT2D eigenvalue weighted by atomic mass is 32.1. The number of thiazole rings is 1. The van der Waals surface area contributed by atoms with Gasteiger partial charge in [-0.15, -0.1) is 11.3 Å². The molecule has 1 amide bonds. The number of hydrogen-bond donors (Lipinski definition) is 1. The zero-order valence-electron chi connectivity index (χ0n) is 11.8. The first-order valence-electron chi connectivity index (χ1n) is 7.46. The van der Waals surface area contributed by atoms with Gasteiger partial charge in [0.1, 0.15) is 0 Å². The molecule has 0 aliphatic carbocycles. The SMILES string of the molecule is O=C(CCC1CCNC1)N1CCN(c2nccs2)CC1. The number of nitrogens with one attached hydrogen (secondary N) is 1. The number of carbonyl (C=O) groups excluding carboxylic acids is 1. The normalized spacial score (nSPS) is 23.3. The largest absolute Gasteiger partial charge is 0.345 e. The number of carbonyl (C=O) groups is 1. The number of amides is 1. The molecule has 0 radical (unpaired) electrons. The lowest BCUT2D eigenvalue weighted by molar-refractivity contribution is -0.131. The maximum atomic E-state index is 12.2. The van der Waals surface area contributed by atoms with Crippen LogP contribution in [0.1, 0.15) is 19.3 Å². The van der Waals surface area contributed by atoms with E-state index in [1.165, 1.54) is 6.42 Å². The number of aromatic nitrogens is 1. The first kappa shape index (κ1) is 13.8. The standard InChI is InChI=1S/C14H22N4OS/c19-13(2-1-12-3-4-15-11-12)17-6-8-18(9-7-17)14-16-5-10-20-14/h5,10,12,15H,1-4,6-9,11H2. The first-order valence-corrected chi connectivity index (χ1v) is 8.34. The van der Waals surface area contributed by atoms with Crippen LogP contribution in [0.3, 0.4) is 0 Å². The van der Waals surface area contributed by atoms with Crippen LogP contribution in [0.15, 0.2) is 11.6 Å². The quantitative estimate of drug-likeness (QED) is 0.906. The van der Waals surface area contributed by atoms with Gasteiger partial charge in [-0.2, -0.15) is 0 Å². The van der Waals surface area contributed by atoms with Gasteiger partial charge in [-0.05, 0) is 31.8 Å². The predicted molar refractivity (Wildman–Crippen MR) is 81.1 cm³/mol. The summed E-state index contributed by atoms with van der Waals surface area (Å²) < 4.78 is 0. The highest BCUT2D eigenvalue weighted by molar-refractivity contribution is 7.13. The fourth-order valence-electron chi connectivity index (χ4n) is 2.97. The van der Waals surface area contributed by atoms with Crippen molar-refractivity contribution >= 4 is 22.4 Å². The minimum absolute atomic E-state index is 0.329. The van der Waals surface area contributed by atoms with E-state index in [-0.39, 0.29) is 0 Å². The van der Waals surface area contributed by atoms with Crippen LogP contribution in [0.25, 0.3) is 0 Å². The maximum absolute atomic E-state index is 12.2. The van der Waals surface area contributed by atoms with Crippen molar-refractivity contribution in [2.45, 2.75) is 19.3 Å². The molecule has 0 bridgehead atoms. The van der Waals surface area contributed by atoms with Gasteiger partial charge in [0, 0.05) is 44.2 Å². The fraction of sp³-hybridized carbons (Fsp3) is 0.714. The van der Waals surface area contributed by atoms with Crippen LogP contribution < -0.4 is 10.2 Å². The van der Waals surface area contributed by atoms with Crippen LogP contribution in [-0.4, -0.2) is 55.1 Å². The average Bonchev–Trinajstić information content (AvgIpc) is 3.18. The Morgan fingerprint density at radius 2 is 2.25 bits per heavy atom. The molecule has 1 aromatic rings. The van der Waals surface area contributed by atoms with Crippen LogP contribution in [-0.2, 0) is 4.79 Å². The Bertz CT molecular complexity index is 422. The summed E-state index contributed by atoms with van der Waals surface area (Å²) in [6, 6.07) is 0. The molecule has 1 atom stereocenters. The second-order valence-electron chi connectivity index (χ2n) is 5.58. The molecule has 0 aromatic carbocycles. The molecule has 6 heteroatoms. The summed E-state index contributed by atoms with van der Waals surface area (Å²) >= 11 is 1.67. The molecule has 3 rings (SSSR count). The van der Waals surface area contributed by atoms with E-state index in [1.54, 1.807) is 11.3 Å². The smallest absolute Gasteiger partial charge is 0.222 e. The van der Waals surface area contributed by atoms with Gasteiger partial charge in [-0.1, -0.05) is 0 Å². The molecular weight excluding hydrogens is 272 g/mol. The molecule has 110 valence electrons. The highest BCUT2D eigenvalue weighted by Crippen LogP contribution is 2.20. The maximum Gasteiger partial charge on any atom is 0.222 e. The van der Waals surface area contributed by atoms with E-state index in [1.807, 2.05) is 16.5 Å². The summed E-state index contributed by atoms with van der Waals surface area (Å²) in [7, 11) is 0. The van der Waals surface area contributed by atoms with Gasteiger partial charge in [-0.3, -0.25) is 4.79 Å². The number of rotatable bonds is 4. The van der Waals surface area contributed by atoms with Crippen LogP contribution in [0.2, 0.25) is 0 Å². The summed E-state index contributed by atoms with van der Waals surface area (Å²) in [6.07, 6.45) is 4.82. The Morgan fingerprint density at radius 1 is 1.40 bits per heavy atom. The lowest BCUT2D eigenvalue weighted by atomic mass is 10.0. The molecule has 20 heavy (non-hydrogen) atoms. The molecule has 0 saturated carbocycles. The van der Waals surface area contributed by atoms with Gasteiger partial charge in [0.25, 0.3) is 0 Å². The van der Waals surface area contributed by atoms with Crippen molar-refractivity contribution < 1.29 is 4.79 Å². The molecular formula is C14H22N4OS. The Hall–Kier alpha value is -1.14. The minimum atomic E-state index is 0.329. The van der Waals surface area contributed by atoms with E-state index >= 15 is 0 Å². The monoisotopic (exact) mass is 294 g/mol. The van der Waals surface area contributed by atoms with Crippen molar-refractivity contribution in [3.8, 4) is 0 Å². The van der Waals surface area contributed by atoms with Crippen LogP contribution in [0.5, 0.6) is 0 Å². The molecule has 1 aromatic heterocycles. The fourth-order valence-corrected chi connectivity index (χ4v) is 3.66. The number of hydrogen-bond acceptors (Lipinski definition) is 5. The first-order chi connectivity index (χ1) is 9.83. The van der Waals surface area contributed by atoms with Crippen molar-refractivity contribution in [3.05, 3.63) is 11.6 Å². The molecule has 2 aliphatic rings. The molecule has 1 unspecified atom stereocenters. The van der Waals surface area contributed by atoms with Gasteiger partial charge in [0.05, 0.1) is 0 Å². The minimum Gasteiger partial charge on any atom is -0.345 e. The van der Waals surface area contributed by atoms with E-state index < -0.39 is 0 Å². The molecule has 3 heterocycles. The highest BCUT2D eigenvalue weighted by Gasteiger charge is 2.23. The van der Waals surface area contributed by atoms with Crippen molar-refractivity contribution in [1.82, 2.24) is 15.2 Å². The third-order valence-electron chi connectivity index (χ3n) is 4.25. The lowest BCUT2D eigenvalue weighted by Crippen LogP contribution is -2.48. The summed E-state index contributed by atoms with van der Waals surface area (Å²) in [5.41, 5.74) is 0. The molecule has 2 aliphatic heterocycles. The van der Waals surface area contributed by atoms with Gasteiger partial charge >= 0.3 is 0 Å². The summed E-state index contributed by atoms with van der Waals surface area (Å²) in [6.45, 7) is 5.69. The summed E-state index contributed by atoms with van der Waals surface area (Å²) in [5.74, 6) is 1.03. The Kier molecular flexibility index (Phi) is 4.52. The third-order valence-corrected chi connectivity index (χ3v) is 5.08. The summed E-state index contributed by atoms with van der Waals surface area (Å²) in [5, 5.41) is 6.44. The second kappa shape index (κ2) is 6.54. The van der Waals surface area contributed by atoms with Crippen molar-refractivity contribution in [3.63, 3.8) is 0 Å². The van der Waals surface area contributed by atoms with Crippen LogP contribution in [0.4, 0.5) is 5.13 Å².